The molecule has 0 saturated heterocycles. The van der Waals surface area contributed by atoms with Gasteiger partial charge < -0.3 is 9.73 Å². The van der Waals surface area contributed by atoms with Gasteiger partial charge >= 0.3 is 0 Å². The summed E-state index contributed by atoms with van der Waals surface area (Å²) in [4.78, 5) is 16.7. The number of amides is 1. The minimum Gasteiger partial charge on any atom is -0.444 e. The number of aromatic nitrogens is 1. The maximum Gasteiger partial charge on any atom is 0.251 e. The topological polar surface area (TPSA) is 55.1 Å². The number of hydrogen-bond donors (Lipinski definition) is 2. The third-order valence-corrected chi connectivity index (χ3v) is 2.74. The average molecular weight is 262 g/mol. The number of benzene rings is 1. The number of nitrogens with one attached hydrogen (secondary N) is 1. The number of oxazole rings is 1. The number of nitrogens with zero attached hydrogens (tertiary/aromatic N) is 1. The van der Waals surface area contributed by atoms with Crippen molar-refractivity contribution in [1.82, 2.24) is 10.3 Å². The van der Waals surface area contributed by atoms with Gasteiger partial charge in [-0.1, -0.05) is 13.0 Å². The molecule has 0 radical (unpaired) electrons. The zero-order valence-electron chi connectivity index (χ0n) is 10.0. The normalized spacial score (nSPS) is 10.3. The molecule has 0 atom stereocenters. The zero-order chi connectivity index (χ0) is 13.0. The van der Waals surface area contributed by atoms with E-state index in [1.807, 2.05) is 13.0 Å². The van der Waals surface area contributed by atoms with Crippen LogP contribution in [0.15, 0.2) is 39.8 Å². The van der Waals surface area contributed by atoms with Gasteiger partial charge in [-0.25, -0.2) is 4.98 Å². The van der Waals surface area contributed by atoms with Crippen LogP contribution in [0.25, 0.3) is 0 Å². The van der Waals surface area contributed by atoms with Crippen LogP contribution < -0.4 is 5.32 Å². The predicted octanol–water partition coefficient (Wildman–Crippen LogP) is 2.46. The Morgan fingerprint density at radius 3 is 3.00 bits per heavy atom. The van der Waals surface area contributed by atoms with Crippen LogP contribution in [0.3, 0.4) is 0 Å². The molecule has 1 aromatic carbocycles. The fraction of sp³-hybridized carbons (Fsp3) is 0.231. The van der Waals surface area contributed by atoms with Crippen molar-refractivity contribution in [2.24, 2.45) is 0 Å². The molecular formula is C13H14N2O2S. The van der Waals surface area contributed by atoms with Gasteiger partial charge in [0.15, 0.2) is 0 Å². The van der Waals surface area contributed by atoms with Crippen molar-refractivity contribution in [1.29, 1.82) is 0 Å². The number of rotatable bonds is 4. The van der Waals surface area contributed by atoms with Crippen LogP contribution in [0.5, 0.6) is 0 Å². The highest BCUT2D eigenvalue weighted by Gasteiger charge is 2.07. The van der Waals surface area contributed by atoms with Crippen LogP contribution in [-0.4, -0.2) is 10.9 Å². The van der Waals surface area contributed by atoms with Crippen molar-refractivity contribution in [2.45, 2.75) is 24.8 Å². The Morgan fingerprint density at radius 1 is 1.50 bits per heavy atom. The van der Waals surface area contributed by atoms with E-state index in [4.69, 9.17) is 4.42 Å². The molecule has 0 saturated carbocycles. The maximum atomic E-state index is 11.8. The standard InChI is InChI=1S/C13H14N2O2S/c1-2-10-7-14-12(17-10)8-15-13(16)9-4-3-5-11(18)6-9/h3-7,18H,2,8H2,1H3,(H,15,16). The second kappa shape index (κ2) is 5.73. The van der Waals surface area contributed by atoms with Gasteiger partial charge in [0.05, 0.1) is 12.7 Å². The molecule has 0 bridgehead atoms. The molecule has 2 aromatic rings. The van der Waals surface area contributed by atoms with Crippen molar-refractivity contribution in [2.75, 3.05) is 0 Å². The molecule has 0 fully saturated rings. The van der Waals surface area contributed by atoms with E-state index in [2.05, 4.69) is 22.9 Å². The summed E-state index contributed by atoms with van der Waals surface area (Å²) >= 11 is 4.19. The summed E-state index contributed by atoms with van der Waals surface area (Å²) in [5, 5.41) is 2.75. The summed E-state index contributed by atoms with van der Waals surface area (Å²) < 4.78 is 5.40. The molecule has 0 aliphatic heterocycles. The molecule has 0 spiro atoms. The maximum absolute atomic E-state index is 11.8. The average Bonchev–Trinajstić information content (AvgIpc) is 2.84. The molecule has 5 heteroatoms. The third-order valence-electron chi connectivity index (χ3n) is 2.46. The van der Waals surface area contributed by atoms with Crippen molar-refractivity contribution in [3.63, 3.8) is 0 Å². The summed E-state index contributed by atoms with van der Waals surface area (Å²) in [6, 6.07) is 7.06. The van der Waals surface area contributed by atoms with Gasteiger partial charge in [0.2, 0.25) is 5.89 Å². The Balaban J connectivity index is 1.96. The lowest BCUT2D eigenvalue weighted by Gasteiger charge is -2.03. The first-order valence-corrected chi connectivity index (χ1v) is 6.14. The first-order valence-electron chi connectivity index (χ1n) is 5.70. The lowest BCUT2D eigenvalue weighted by molar-refractivity contribution is 0.0947. The lowest BCUT2D eigenvalue weighted by Crippen LogP contribution is -2.22. The Morgan fingerprint density at radius 2 is 2.33 bits per heavy atom. The molecule has 1 heterocycles. The first kappa shape index (κ1) is 12.7. The number of hydrogen-bond acceptors (Lipinski definition) is 4. The van der Waals surface area contributed by atoms with E-state index >= 15 is 0 Å². The monoisotopic (exact) mass is 262 g/mol. The van der Waals surface area contributed by atoms with E-state index in [1.165, 1.54) is 0 Å². The van der Waals surface area contributed by atoms with Gasteiger partial charge in [0.1, 0.15) is 5.76 Å². The van der Waals surface area contributed by atoms with Crippen LogP contribution in [0.4, 0.5) is 0 Å². The Hall–Kier alpha value is -1.75. The summed E-state index contributed by atoms with van der Waals surface area (Å²) in [6.07, 6.45) is 2.47. The quantitative estimate of drug-likeness (QED) is 0.832. The molecule has 1 N–H and O–H groups in total. The zero-order valence-corrected chi connectivity index (χ0v) is 10.9. The fourth-order valence-corrected chi connectivity index (χ4v) is 1.72. The molecule has 2 rings (SSSR count). The summed E-state index contributed by atoms with van der Waals surface area (Å²) in [6.45, 7) is 2.27. The Labute approximate surface area is 111 Å². The van der Waals surface area contributed by atoms with E-state index < -0.39 is 0 Å². The largest absolute Gasteiger partial charge is 0.444 e. The van der Waals surface area contributed by atoms with Crippen LogP contribution in [0.1, 0.15) is 28.9 Å². The van der Waals surface area contributed by atoms with Gasteiger partial charge in [-0.2, -0.15) is 0 Å². The summed E-state index contributed by atoms with van der Waals surface area (Å²) in [7, 11) is 0. The second-order valence-corrected chi connectivity index (χ2v) is 4.32. The van der Waals surface area contributed by atoms with Crippen molar-refractivity contribution < 1.29 is 9.21 Å². The molecule has 4 nitrogen and oxygen atoms in total. The molecule has 0 aliphatic rings. The highest BCUT2D eigenvalue weighted by molar-refractivity contribution is 7.80. The second-order valence-electron chi connectivity index (χ2n) is 3.81. The van der Waals surface area contributed by atoms with Crippen LogP contribution in [0.2, 0.25) is 0 Å². The van der Waals surface area contributed by atoms with Gasteiger partial charge in [-0.3, -0.25) is 4.79 Å². The minimum absolute atomic E-state index is 0.165. The SMILES string of the molecule is CCc1cnc(CNC(=O)c2cccc(S)c2)o1. The molecule has 1 amide bonds. The highest BCUT2D eigenvalue weighted by Crippen LogP contribution is 2.09. The van der Waals surface area contributed by atoms with E-state index in [0.717, 1.165) is 17.1 Å². The number of carbonyl (C=O) groups excluding carboxylic acids is 1. The van der Waals surface area contributed by atoms with Crippen LogP contribution in [0, 0.1) is 0 Å². The first-order chi connectivity index (χ1) is 8.69. The molecule has 1 aromatic heterocycles. The Kier molecular flexibility index (Phi) is 4.04. The van der Waals surface area contributed by atoms with E-state index in [9.17, 15) is 4.79 Å². The smallest absolute Gasteiger partial charge is 0.251 e. The molecule has 18 heavy (non-hydrogen) atoms. The molecule has 0 aliphatic carbocycles. The lowest BCUT2D eigenvalue weighted by atomic mass is 10.2. The molecular weight excluding hydrogens is 248 g/mol. The van der Waals surface area contributed by atoms with Gasteiger partial charge in [0.25, 0.3) is 5.91 Å². The van der Waals surface area contributed by atoms with Gasteiger partial charge in [0, 0.05) is 16.9 Å². The highest BCUT2D eigenvalue weighted by atomic mass is 32.1. The van der Waals surface area contributed by atoms with Gasteiger partial charge in [-0.05, 0) is 18.2 Å². The minimum atomic E-state index is -0.165. The van der Waals surface area contributed by atoms with Crippen LogP contribution in [-0.2, 0) is 13.0 Å². The van der Waals surface area contributed by atoms with Crippen molar-refractivity contribution >= 4 is 18.5 Å². The summed E-state index contributed by atoms with van der Waals surface area (Å²) in [5.74, 6) is 1.17. The number of carbonyl (C=O) groups is 1. The number of thiol groups is 1. The summed E-state index contributed by atoms with van der Waals surface area (Å²) in [5.41, 5.74) is 0.574. The van der Waals surface area contributed by atoms with E-state index in [0.29, 0.717) is 11.5 Å². The van der Waals surface area contributed by atoms with E-state index in [1.54, 1.807) is 24.4 Å². The van der Waals surface area contributed by atoms with Gasteiger partial charge in [-0.15, -0.1) is 12.6 Å². The predicted molar refractivity (Wildman–Crippen MR) is 70.7 cm³/mol. The molecule has 94 valence electrons. The Bertz CT molecular complexity index is 551. The fourth-order valence-electron chi connectivity index (χ4n) is 1.50. The number of aryl methyl sites for hydroxylation is 1. The third kappa shape index (κ3) is 3.13. The van der Waals surface area contributed by atoms with Crippen molar-refractivity contribution in [3.05, 3.63) is 47.7 Å². The van der Waals surface area contributed by atoms with Crippen molar-refractivity contribution in [3.8, 4) is 0 Å². The van der Waals surface area contributed by atoms with E-state index in [-0.39, 0.29) is 12.5 Å². The van der Waals surface area contributed by atoms with Crippen LogP contribution >= 0.6 is 12.6 Å². The molecule has 0 unspecified atom stereocenters.